The smallest absolute Gasteiger partial charge is 0.124 e. The highest BCUT2D eigenvalue weighted by Gasteiger charge is 2.25. The zero-order chi connectivity index (χ0) is 13.2. The Morgan fingerprint density at radius 2 is 1.95 bits per heavy atom. The predicted octanol–water partition coefficient (Wildman–Crippen LogP) is 3.09. The lowest BCUT2D eigenvalue weighted by molar-refractivity contribution is 0.374. The predicted molar refractivity (Wildman–Crippen MR) is 75.9 cm³/mol. The van der Waals surface area contributed by atoms with Crippen molar-refractivity contribution in [1.82, 2.24) is 5.32 Å². The van der Waals surface area contributed by atoms with Crippen LogP contribution in [0.3, 0.4) is 0 Å². The number of fused-ring (bicyclic) bond motifs is 1. The number of hydrogen-bond donors (Lipinski definition) is 2. The van der Waals surface area contributed by atoms with Crippen LogP contribution in [0.1, 0.15) is 54.8 Å². The molecular formula is C16H23NO2. The normalized spacial score (nSPS) is 22.9. The summed E-state index contributed by atoms with van der Waals surface area (Å²) in [6.07, 6.45) is 7.96. The average molecular weight is 261 g/mol. The van der Waals surface area contributed by atoms with E-state index < -0.39 is 0 Å². The third kappa shape index (κ3) is 2.32. The van der Waals surface area contributed by atoms with E-state index in [-0.39, 0.29) is 6.04 Å². The standard InChI is InChI=1S/C16H23NO2/c1-19-15-10-13(14-8-4-5-9-17-14)16(18)12-7-3-2-6-11(12)15/h10,14,17-18H,2-9H2,1H3. The third-order valence-corrected chi connectivity index (χ3v) is 4.52. The minimum absolute atomic E-state index is 0.287. The maximum atomic E-state index is 10.6. The van der Waals surface area contributed by atoms with Gasteiger partial charge in [0.1, 0.15) is 11.5 Å². The van der Waals surface area contributed by atoms with Crippen LogP contribution >= 0.6 is 0 Å². The molecule has 0 bridgehead atoms. The molecule has 0 spiro atoms. The number of phenolic OH excluding ortho intramolecular Hbond substituents is 1. The van der Waals surface area contributed by atoms with Gasteiger partial charge in [-0.3, -0.25) is 0 Å². The Morgan fingerprint density at radius 3 is 2.63 bits per heavy atom. The summed E-state index contributed by atoms with van der Waals surface area (Å²) < 4.78 is 5.56. The van der Waals surface area contributed by atoms with E-state index in [0.717, 1.165) is 42.7 Å². The van der Waals surface area contributed by atoms with Gasteiger partial charge in [-0.25, -0.2) is 0 Å². The minimum atomic E-state index is 0.287. The first-order valence-corrected chi connectivity index (χ1v) is 7.46. The van der Waals surface area contributed by atoms with Gasteiger partial charge < -0.3 is 15.2 Å². The van der Waals surface area contributed by atoms with Crippen LogP contribution in [0, 0.1) is 0 Å². The fourth-order valence-electron chi connectivity index (χ4n) is 3.47. The molecule has 1 aromatic carbocycles. The summed E-state index contributed by atoms with van der Waals surface area (Å²) in [7, 11) is 1.74. The molecule has 3 nitrogen and oxygen atoms in total. The molecule has 2 N–H and O–H groups in total. The largest absolute Gasteiger partial charge is 0.507 e. The molecule has 0 saturated carbocycles. The van der Waals surface area contributed by atoms with Crippen LogP contribution in [-0.2, 0) is 12.8 Å². The number of phenols is 1. The van der Waals surface area contributed by atoms with Gasteiger partial charge in [0.2, 0.25) is 0 Å². The quantitative estimate of drug-likeness (QED) is 0.859. The van der Waals surface area contributed by atoms with Crippen LogP contribution in [0.25, 0.3) is 0 Å². The van der Waals surface area contributed by atoms with Crippen molar-refractivity contribution in [2.75, 3.05) is 13.7 Å². The van der Waals surface area contributed by atoms with E-state index in [4.69, 9.17) is 4.74 Å². The van der Waals surface area contributed by atoms with E-state index >= 15 is 0 Å². The topological polar surface area (TPSA) is 41.5 Å². The van der Waals surface area contributed by atoms with E-state index in [2.05, 4.69) is 11.4 Å². The Labute approximate surface area is 115 Å². The van der Waals surface area contributed by atoms with Crippen LogP contribution < -0.4 is 10.1 Å². The molecule has 0 amide bonds. The van der Waals surface area contributed by atoms with Gasteiger partial charge in [-0.1, -0.05) is 6.42 Å². The Kier molecular flexibility index (Phi) is 3.65. The van der Waals surface area contributed by atoms with Crippen LogP contribution in [0.15, 0.2) is 6.07 Å². The van der Waals surface area contributed by atoms with Crippen molar-refractivity contribution < 1.29 is 9.84 Å². The van der Waals surface area contributed by atoms with E-state index in [9.17, 15) is 5.11 Å². The number of ether oxygens (including phenoxy) is 1. The van der Waals surface area contributed by atoms with Crippen molar-refractivity contribution in [1.29, 1.82) is 0 Å². The van der Waals surface area contributed by atoms with Gasteiger partial charge in [-0.05, 0) is 51.1 Å². The zero-order valence-corrected chi connectivity index (χ0v) is 11.7. The average Bonchev–Trinajstić information content (AvgIpc) is 2.49. The van der Waals surface area contributed by atoms with Gasteiger partial charge >= 0.3 is 0 Å². The lowest BCUT2D eigenvalue weighted by Crippen LogP contribution is -2.27. The molecule has 1 fully saturated rings. The molecule has 0 radical (unpaired) electrons. The van der Waals surface area contributed by atoms with Crippen molar-refractivity contribution >= 4 is 0 Å². The summed E-state index contributed by atoms with van der Waals surface area (Å²) in [6.45, 7) is 1.05. The lowest BCUT2D eigenvalue weighted by atomic mass is 9.85. The first-order valence-electron chi connectivity index (χ1n) is 7.46. The van der Waals surface area contributed by atoms with E-state index in [1.807, 2.05) is 0 Å². The van der Waals surface area contributed by atoms with E-state index in [0.29, 0.717) is 5.75 Å². The number of rotatable bonds is 2. The fraction of sp³-hybridized carbons (Fsp3) is 0.625. The summed E-state index contributed by atoms with van der Waals surface area (Å²) >= 11 is 0. The van der Waals surface area contributed by atoms with Crippen molar-refractivity contribution in [3.63, 3.8) is 0 Å². The highest BCUT2D eigenvalue weighted by atomic mass is 16.5. The first kappa shape index (κ1) is 12.8. The molecule has 19 heavy (non-hydrogen) atoms. The van der Waals surface area contributed by atoms with Crippen LogP contribution in [0.5, 0.6) is 11.5 Å². The third-order valence-electron chi connectivity index (χ3n) is 4.52. The molecule has 0 aromatic heterocycles. The van der Waals surface area contributed by atoms with Gasteiger partial charge in [-0.2, -0.15) is 0 Å². The van der Waals surface area contributed by atoms with E-state index in [1.54, 1.807) is 7.11 Å². The van der Waals surface area contributed by atoms with Crippen LogP contribution in [-0.4, -0.2) is 18.8 Å². The summed E-state index contributed by atoms with van der Waals surface area (Å²) in [6, 6.07) is 2.34. The lowest BCUT2D eigenvalue weighted by Gasteiger charge is -2.28. The Balaban J connectivity index is 2.04. The summed E-state index contributed by atoms with van der Waals surface area (Å²) in [5.74, 6) is 1.49. The Hall–Kier alpha value is -1.22. The van der Waals surface area contributed by atoms with Gasteiger partial charge in [0, 0.05) is 22.7 Å². The number of hydrogen-bond acceptors (Lipinski definition) is 3. The molecule has 3 rings (SSSR count). The maximum absolute atomic E-state index is 10.6. The Bertz CT molecular complexity index is 464. The molecule has 1 aromatic rings. The monoisotopic (exact) mass is 261 g/mol. The van der Waals surface area contributed by atoms with Gasteiger partial charge in [-0.15, -0.1) is 0 Å². The van der Waals surface area contributed by atoms with Crippen LogP contribution in [0.2, 0.25) is 0 Å². The van der Waals surface area contributed by atoms with Crippen molar-refractivity contribution in [3.05, 3.63) is 22.8 Å². The molecule has 1 aliphatic carbocycles. The van der Waals surface area contributed by atoms with Gasteiger partial charge in [0.05, 0.1) is 7.11 Å². The van der Waals surface area contributed by atoms with Gasteiger partial charge in [0.25, 0.3) is 0 Å². The van der Waals surface area contributed by atoms with Gasteiger partial charge in [0.15, 0.2) is 0 Å². The van der Waals surface area contributed by atoms with Crippen molar-refractivity contribution in [2.45, 2.75) is 51.0 Å². The molecule has 1 aliphatic heterocycles. The SMILES string of the molecule is COc1cc(C2CCCCN2)c(O)c2c1CCCC2. The summed E-state index contributed by atoms with van der Waals surface area (Å²) in [5, 5.41) is 14.1. The number of aromatic hydroxyl groups is 1. The first-order chi connectivity index (χ1) is 9.31. The molecule has 1 saturated heterocycles. The molecule has 2 aliphatic rings. The second-order valence-electron chi connectivity index (χ2n) is 5.68. The van der Waals surface area contributed by atoms with Crippen molar-refractivity contribution in [2.24, 2.45) is 0 Å². The minimum Gasteiger partial charge on any atom is -0.507 e. The molecule has 3 heteroatoms. The van der Waals surface area contributed by atoms with Crippen molar-refractivity contribution in [3.8, 4) is 11.5 Å². The fourth-order valence-corrected chi connectivity index (χ4v) is 3.47. The zero-order valence-electron chi connectivity index (χ0n) is 11.7. The molecule has 1 unspecified atom stereocenters. The second kappa shape index (κ2) is 5.41. The second-order valence-corrected chi connectivity index (χ2v) is 5.68. The summed E-state index contributed by atoms with van der Waals surface area (Å²) in [4.78, 5) is 0. The molecule has 1 heterocycles. The maximum Gasteiger partial charge on any atom is 0.124 e. The highest BCUT2D eigenvalue weighted by Crippen LogP contribution is 2.42. The summed E-state index contributed by atoms with van der Waals surface area (Å²) in [5.41, 5.74) is 3.40. The van der Waals surface area contributed by atoms with Crippen LogP contribution in [0.4, 0.5) is 0 Å². The number of nitrogens with one attached hydrogen (secondary N) is 1. The number of piperidine rings is 1. The Morgan fingerprint density at radius 1 is 1.16 bits per heavy atom. The van der Waals surface area contributed by atoms with E-state index in [1.165, 1.54) is 31.2 Å². The molecular weight excluding hydrogens is 238 g/mol. The number of methoxy groups -OCH3 is 1. The molecule has 104 valence electrons. The highest BCUT2D eigenvalue weighted by molar-refractivity contribution is 5.55. The number of benzene rings is 1. The molecule has 1 atom stereocenters.